The van der Waals surface area contributed by atoms with E-state index < -0.39 is 6.03 Å². The first kappa shape index (κ1) is 18.3. The van der Waals surface area contributed by atoms with Crippen molar-refractivity contribution in [3.8, 4) is 11.5 Å². The first-order valence-electron chi connectivity index (χ1n) is 8.06. The molecule has 132 valence electrons. The zero-order valence-electron chi connectivity index (χ0n) is 14.5. The SMILES string of the molecule is Cc1ccc(OCCCOc2ccc(/C=N/NC(N)=O)cc2)c(C)c1. The summed E-state index contributed by atoms with van der Waals surface area (Å²) in [6.45, 7) is 5.29. The molecule has 0 bridgehead atoms. The Morgan fingerprint density at radius 3 is 2.52 bits per heavy atom. The quantitative estimate of drug-likeness (QED) is 0.439. The molecule has 0 unspecified atom stereocenters. The van der Waals surface area contributed by atoms with Gasteiger partial charge in [0.1, 0.15) is 11.5 Å². The number of benzene rings is 2. The minimum atomic E-state index is -0.695. The Kier molecular flexibility index (Phi) is 6.83. The third kappa shape index (κ3) is 6.55. The number of nitrogens with one attached hydrogen (secondary N) is 1. The van der Waals surface area contributed by atoms with Crippen LogP contribution >= 0.6 is 0 Å². The van der Waals surface area contributed by atoms with Crippen LogP contribution in [-0.2, 0) is 0 Å². The molecule has 6 heteroatoms. The zero-order valence-corrected chi connectivity index (χ0v) is 14.5. The van der Waals surface area contributed by atoms with Crippen molar-refractivity contribution in [3.05, 3.63) is 59.2 Å². The molecule has 2 amide bonds. The third-order valence-electron chi connectivity index (χ3n) is 3.41. The smallest absolute Gasteiger partial charge is 0.332 e. The van der Waals surface area contributed by atoms with E-state index in [0.717, 1.165) is 29.0 Å². The van der Waals surface area contributed by atoms with Crippen molar-refractivity contribution in [2.24, 2.45) is 10.8 Å². The van der Waals surface area contributed by atoms with Crippen molar-refractivity contribution in [2.75, 3.05) is 13.2 Å². The molecule has 25 heavy (non-hydrogen) atoms. The molecule has 0 fully saturated rings. The van der Waals surface area contributed by atoms with Crippen LogP contribution in [-0.4, -0.2) is 25.5 Å². The summed E-state index contributed by atoms with van der Waals surface area (Å²) in [5, 5.41) is 3.69. The van der Waals surface area contributed by atoms with Gasteiger partial charge in [-0.2, -0.15) is 5.10 Å². The molecule has 0 heterocycles. The molecule has 0 radical (unpaired) electrons. The van der Waals surface area contributed by atoms with Crippen LogP contribution in [0, 0.1) is 13.8 Å². The molecule has 2 rings (SSSR count). The standard InChI is InChI=1S/C19H23N3O3/c1-14-4-9-18(15(2)12-14)25-11-3-10-24-17-7-5-16(6-8-17)13-21-22-19(20)23/h4-9,12-13H,3,10-11H2,1-2H3,(H3,20,22,23)/b21-13+. The highest BCUT2D eigenvalue weighted by Gasteiger charge is 2.00. The van der Waals surface area contributed by atoms with Crippen molar-refractivity contribution < 1.29 is 14.3 Å². The van der Waals surface area contributed by atoms with Gasteiger partial charge >= 0.3 is 6.03 Å². The van der Waals surface area contributed by atoms with E-state index in [4.69, 9.17) is 15.2 Å². The van der Waals surface area contributed by atoms with E-state index >= 15 is 0 Å². The Labute approximate surface area is 147 Å². The van der Waals surface area contributed by atoms with Crippen molar-refractivity contribution in [3.63, 3.8) is 0 Å². The van der Waals surface area contributed by atoms with Crippen LogP contribution in [0.2, 0.25) is 0 Å². The first-order chi connectivity index (χ1) is 12.0. The monoisotopic (exact) mass is 341 g/mol. The van der Waals surface area contributed by atoms with Crippen LogP contribution < -0.4 is 20.6 Å². The van der Waals surface area contributed by atoms with E-state index in [9.17, 15) is 4.79 Å². The Hall–Kier alpha value is -3.02. The topological polar surface area (TPSA) is 85.9 Å². The molecule has 0 aliphatic carbocycles. The zero-order chi connectivity index (χ0) is 18.1. The fourth-order valence-electron chi connectivity index (χ4n) is 2.21. The first-order valence-corrected chi connectivity index (χ1v) is 8.06. The summed E-state index contributed by atoms with van der Waals surface area (Å²) >= 11 is 0. The number of carbonyl (C=O) groups is 1. The van der Waals surface area contributed by atoms with Gasteiger partial charge in [0.2, 0.25) is 0 Å². The lowest BCUT2D eigenvalue weighted by Crippen LogP contribution is -2.24. The Morgan fingerprint density at radius 2 is 1.84 bits per heavy atom. The van der Waals surface area contributed by atoms with E-state index in [-0.39, 0.29) is 0 Å². The van der Waals surface area contributed by atoms with Crippen LogP contribution in [0.1, 0.15) is 23.1 Å². The average molecular weight is 341 g/mol. The van der Waals surface area contributed by atoms with Gasteiger partial charge in [-0.1, -0.05) is 17.7 Å². The number of ether oxygens (including phenoxy) is 2. The van der Waals surface area contributed by atoms with Gasteiger partial charge in [-0.3, -0.25) is 0 Å². The number of rotatable bonds is 8. The molecule has 6 nitrogen and oxygen atoms in total. The van der Waals surface area contributed by atoms with Gasteiger partial charge in [-0.25, -0.2) is 10.2 Å². The third-order valence-corrected chi connectivity index (χ3v) is 3.41. The molecular formula is C19H23N3O3. The molecule has 0 aliphatic rings. The number of hydrogen-bond donors (Lipinski definition) is 2. The molecule has 3 N–H and O–H groups in total. The predicted molar refractivity (Wildman–Crippen MR) is 98.3 cm³/mol. The second-order valence-electron chi connectivity index (χ2n) is 5.62. The lowest BCUT2D eigenvalue weighted by molar-refractivity contribution is 0.246. The van der Waals surface area contributed by atoms with Crippen molar-refractivity contribution in [1.29, 1.82) is 0 Å². The van der Waals surface area contributed by atoms with Gasteiger partial charge < -0.3 is 15.2 Å². The van der Waals surface area contributed by atoms with E-state index in [1.807, 2.05) is 43.3 Å². The molecule has 0 aromatic heterocycles. The maximum absolute atomic E-state index is 10.5. The Morgan fingerprint density at radius 1 is 1.12 bits per heavy atom. The summed E-state index contributed by atoms with van der Waals surface area (Å²) in [6.07, 6.45) is 2.30. The number of amides is 2. The highest BCUT2D eigenvalue weighted by Crippen LogP contribution is 2.19. The summed E-state index contributed by atoms with van der Waals surface area (Å²) in [6, 6.07) is 12.8. The highest BCUT2D eigenvalue weighted by atomic mass is 16.5. The van der Waals surface area contributed by atoms with Gasteiger partial charge in [0.05, 0.1) is 19.4 Å². The van der Waals surface area contributed by atoms with E-state index in [1.54, 1.807) is 0 Å². The van der Waals surface area contributed by atoms with E-state index in [0.29, 0.717) is 13.2 Å². The summed E-state index contributed by atoms with van der Waals surface area (Å²) in [5.74, 6) is 1.69. The predicted octanol–water partition coefficient (Wildman–Crippen LogP) is 3.15. The number of hydrogen-bond acceptors (Lipinski definition) is 4. The summed E-state index contributed by atoms with van der Waals surface area (Å²) in [4.78, 5) is 10.5. The summed E-state index contributed by atoms with van der Waals surface area (Å²) in [7, 11) is 0. The molecule has 0 saturated heterocycles. The number of nitrogens with zero attached hydrogens (tertiary/aromatic N) is 1. The minimum Gasteiger partial charge on any atom is -0.493 e. The van der Waals surface area contributed by atoms with Crippen LogP contribution in [0.4, 0.5) is 4.79 Å². The van der Waals surface area contributed by atoms with Crippen molar-refractivity contribution in [2.45, 2.75) is 20.3 Å². The van der Waals surface area contributed by atoms with Gasteiger partial charge in [0.15, 0.2) is 0 Å². The fraction of sp³-hybridized carbons (Fsp3) is 0.263. The van der Waals surface area contributed by atoms with E-state index in [1.165, 1.54) is 11.8 Å². The van der Waals surface area contributed by atoms with Gasteiger partial charge in [0.25, 0.3) is 0 Å². The molecular weight excluding hydrogens is 318 g/mol. The lowest BCUT2D eigenvalue weighted by atomic mass is 10.1. The number of primary amides is 1. The maximum Gasteiger partial charge on any atom is 0.332 e. The number of urea groups is 1. The summed E-state index contributed by atoms with van der Waals surface area (Å²) in [5.41, 5.74) is 10.3. The molecule has 0 spiro atoms. The molecule has 2 aromatic rings. The van der Waals surface area contributed by atoms with Gasteiger partial charge in [-0.05, 0) is 55.3 Å². The van der Waals surface area contributed by atoms with Crippen LogP contribution in [0.3, 0.4) is 0 Å². The largest absolute Gasteiger partial charge is 0.493 e. The lowest BCUT2D eigenvalue weighted by Gasteiger charge is -2.10. The van der Waals surface area contributed by atoms with Crippen molar-refractivity contribution in [1.82, 2.24) is 5.43 Å². The van der Waals surface area contributed by atoms with Crippen LogP contribution in [0.25, 0.3) is 0 Å². The average Bonchev–Trinajstić information content (AvgIpc) is 2.57. The fourth-order valence-corrected chi connectivity index (χ4v) is 2.21. The Balaban J connectivity index is 1.69. The second-order valence-corrected chi connectivity index (χ2v) is 5.62. The van der Waals surface area contributed by atoms with Crippen LogP contribution in [0.5, 0.6) is 11.5 Å². The molecule has 0 aliphatic heterocycles. The number of hydrazone groups is 1. The van der Waals surface area contributed by atoms with Crippen molar-refractivity contribution >= 4 is 12.2 Å². The number of aryl methyl sites for hydroxylation is 2. The van der Waals surface area contributed by atoms with Gasteiger partial charge in [-0.15, -0.1) is 0 Å². The number of nitrogens with two attached hydrogens (primary N) is 1. The highest BCUT2D eigenvalue weighted by molar-refractivity contribution is 5.81. The van der Waals surface area contributed by atoms with E-state index in [2.05, 4.69) is 23.5 Å². The molecule has 2 aromatic carbocycles. The maximum atomic E-state index is 10.5. The normalized spacial score (nSPS) is 10.6. The second kappa shape index (κ2) is 9.32. The molecule has 0 saturated carbocycles. The summed E-state index contributed by atoms with van der Waals surface area (Å²) < 4.78 is 11.4. The van der Waals surface area contributed by atoms with Gasteiger partial charge in [0, 0.05) is 6.42 Å². The number of carbonyl (C=O) groups excluding carboxylic acids is 1. The Bertz CT molecular complexity index is 727. The molecule has 0 atom stereocenters. The van der Waals surface area contributed by atoms with Crippen LogP contribution in [0.15, 0.2) is 47.6 Å². The minimum absolute atomic E-state index is 0.571.